The maximum Gasteiger partial charge on any atom is 0.251 e. The standard InChI is InChI=1S/C22H23BClN5O2/c23-17-13-27-29-20(12-19(28-21(17)29)16-4-1-2-5-18(16)24)25-10-3-11-26-22(31)14-6-8-15(30)9-7-14/h1,4,6-9,12-13,25,30H,2-3,5,10-11,23H2,(H,26,31). The van der Waals surface area contributed by atoms with Crippen LogP contribution in [0, 0.1) is 0 Å². The summed E-state index contributed by atoms with van der Waals surface area (Å²) in [5.41, 5.74) is 4.06. The van der Waals surface area contributed by atoms with Crippen molar-refractivity contribution in [3.8, 4) is 5.75 Å². The van der Waals surface area contributed by atoms with Gasteiger partial charge in [-0.1, -0.05) is 23.8 Å². The molecule has 9 heteroatoms. The van der Waals surface area contributed by atoms with Crippen LogP contribution in [0.4, 0.5) is 5.82 Å². The highest BCUT2D eigenvalue weighted by atomic mass is 35.5. The van der Waals surface area contributed by atoms with Gasteiger partial charge in [0.2, 0.25) is 0 Å². The molecular formula is C22H23BClN5O2. The van der Waals surface area contributed by atoms with Crippen LogP contribution < -0.4 is 16.1 Å². The Hall–Kier alpha value is -3.26. The third-order valence-corrected chi connectivity index (χ3v) is 5.50. The molecule has 2 aromatic heterocycles. The molecule has 3 aromatic rings. The van der Waals surface area contributed by atoms with E-state index in [-0.39, 0.29) is 11.7 Å². The van der Waals surface area contributed by atoms with Crippen LogP contribution in [0.25, 0.3) is 11.2 Å². The molecule has 0 spiro atoms. The molecule has 31 heavy (non-hydrogen) atoms. The Morgan fingerprint density at radius 2 is 2.06 bits per heavy atom. The Morgan fingerprint density at radius 1 is 1.26 bits per heavy atom. The highest BCUT2D eigenvalue weighted by Crippen LogP contribution is 2.30. The maximum atomic E-state index is 12.2. The lowest BCUT2D eigenvalue weighted by molar-refractivity contribution is 0.0953. The van der Waals surface area contributed by atoms with Crippen LogP contribution in [-0.4, -0.2) is 46.5 Å². The zero-order valence-corrected chi connectivity index (χ0v) is 18.0. The summed E-state index contributed by atoms with van der Waals surface area (Å²) < 4.78 is 1.79. The summed E-state index contributed by atoms with van der Waals surface area (Å²) in [6, 6.07) is 8.15. The molecule has 7 nitrogen and oxygen atoms in total. The van der Waals surface area contributed by atoms with Crippen molar-refractivity contribution < 1.29 is 9.90 Å². The molecule has 1 aliphatic rings. The number of benzene rings is 1. The van der Waals surface area contributed by atoms with Crippen LogP contribution in [-0.2, 0) is 0 Å². The van der Waals surface area contributed by atoms with Gasteiger partial charge in [-0.2, -0.15) is 9.61 Å². The van der Waals surface area contributed by atoms with Gasteiger partial charge >= 0.3 is 0 Å². The number of aromatic hydroxyl groups is 1. The van der Waals surface area contributed by atoms with Gasteiger partial charge in [0.1, 0.15) is 19.4 Å². The molecule has 1 aromatic carbocycles. The van der Waals surface area contributed by atoms with Crippen molar-refractivity contribution in [2.24, 2.45) is 0 Å². The van der Waals surface area contributed by atoms with Crippen molar-refractivity contribution in [2.45, 2.75) is 19.3 Å². The Morgan fingerprint density at radius 3 is 2.84 bits per heavy atom. The molecule has 1 aliphatic carbocycles. The first-order valence-corrected chi connectivity index (χ1v) is 10.6. The number of phenols is 1. The highest BCUT2D eigenvalue weighted by Gasteiger charge is 2.15. The maximum absolute atomic E-state index is 12.2. The number of phenolic OH excluding ortho intramolecular Hbond substituents is 1. The van der Waals surface area contributed by atoms with Crippen LogP contribution in [0.15, 0.2) is 53.7 Å². The van der Waals surface area contributed by atoms with E-state index in [1.165, 1.54) is 12.1 Å². The lowest BCUT2D eigenvalue weighted by Crippen LogP contribution is -2.26. The van der Waals surface area contributed by atoms with Gasteiger partial charge in [-0.15, -0.1) is 0 Å². The molecule has 0 bridgehead atoms. The van der Waals surface area contributed by atoms with E-state index >= 15 is 0 Å². The Balaban J connectivity index is 1.42. The second-order valence-electron chi connectivity index (χ2n) is 7.43. The van der Waals surface area contributed by atoms with Crippen LogP contribution in [0.3, 0.4) is 0 Å². The second kappa shape index (κ2) is 9.26. The normalized spacial score (nSPS) is 13.6. The molecule has 1 amide bonds. The molecule has 0 atom stereocenters. The molecule has 158 valence electrons. The number of hydrogen-bond acceptors (Lipinski definition) is 5. The Kier molecular flexibility index (Phi) is 6.27. The lowest BCUT2D eigenvalue weighted by atomic mass is 10.00. The van der Waals surface area contributed by atoms with Gasteiger partial charge in [0.15, 0.2) is 5.65 Å². The summed E-state index contributed by atoms with van der Waals surface area (Å²) in [5.74, 6) is 0.800. The summed E-state index contributed by atoms with van der Waals surface area (Å²) >= 11 is 6.46. The summed E-state index contributed by atoms with van der Waals surface area (Å²) in [6.07, 6.45) is 8.42. The van der Waals surface area contributed by atoms with Gasteiger partial charge in [0.05, 0.1) is 5.69 Å². The third kappa shape index (κ3) is 4.75. The summed E-state index contributed by atoms with van der Waals surface area (Å²) in [5, 5.41) is 20.9. The fraction of sp³-hybridized carbons (Fsp3) is 0.227. The van der Waals surface area contributed by atoms with Crippen LogP contribution in [0.1, 0.15) is 35.3 Å². The van der Waals surface area contributed by atoms with Gasteiger partial charge < -0.3 is 15.7 Å². The number of amides is 1. The van der Waals surface area contributed by atoms with Crippen molar-refractivity contribution in [3.05, 3.63) is 65.0 Å². The number of carbonyl (C=O) groups excluding carboxylic acids is 1. The van der Waals surface area contributed by atoms with Crippen LogP contribution in [0.5, 0.6) is 5.75 Å². The summed E-state index contributed by atoms with van der Waals surface area (Å²) in [7, 11) is 1.98. The number of nitrogens with zero attached hydrogens (tertiary/aromatic N) is 3. The molecule has 2 heterocycles. The average Bonchev–Trinajstić information content (AvgIpc) is 3.15. The monoisotopic (exact) mass is 435 g/mol. The average molecular weight is 436 g/mol. The molecular weight excluding hydrogens is 413 g/mol. The van der Waals surface area contributed by atoms with E-state index in [9.17, 15) is 9.90 Å². The van der Waals surface area contributed by atoms with Crippen molar-refractivity contribution in [2.75, 3.05) is 18.4 Å². The van der Waals surface area contributed by atoms with Crippen molar-refractivity contribution in [1.29, 1.82) is 0 Å². The number of rotatable bonds is 7. The highest BCUT2D eigenvalue weighted by molar-refractivity contribution is 6.36. The van der Waals surface area contributed by atoms with E-state index in [4.69, 9.17) is 16.6 Å². The number of aromatic nitrogens is 3. The van der Waals surface area contributed by atoms with Crippen LogP contribution in [0.2, 0.25) is 0 Å². The molecule has 3 N–H and O–H groups in total. The number of anilines is 1. The summed E-state index contributed by atoms with van der Waals surface area (Å²) in [6.45, 7) is 1.17. The Bertz CT molecular complexity index is 1170. The largest absolute Gasteiger partial charge is 0.508 e. The van der Waals surface area contributed by atoms with Gasteiger partial charge in [-0.25, -0.2) is 4.98 Å². The predicted octanol–water partition coefficient (Wildman–Crippen LogP) is 2.23. The molecule has 0 unspecified atom stereocenters. The lowest BCUT2D eigenvalue weighted by Gasteiger charge is -2.14. The number of allylic oxidation sites excluding steroid dienone is 4. The topological polar surface area (TPSA) is 91.5 Å². The van der Waals surface area contributed by atoms with E-state index in [0.717, 1.165) is 52.5 Å². The quantitative estimate of drug-likeness (QED) is 0.391. The molecule has 0 radical (unpaired) electrons. The number of nitrogens with one attached hydrogen (secondary N) is 2. The van der Waals surface area contributed by atoms with E-state index in [2.05, 4.69) is 21.8 Å². The molecule has 0 saturated heterocycles. The van der Waals surface area contributed by atoms with E-state index in [1.807, 2.05) is 20.0 Å². The smallest absolute Gasteiger partial charge is 0.251 e. The van der Waals surface area contributed by atoms with Crippen LogP contribution >= 0.6 is 11.6 Å². The second-order valence-corrected chi connectivity index (χ2v) is 7.89. The zero-order valence-electron chi connectivity index (χ0n) is 17.2. The van der Waals surface area contributed by atoms with Gasteiger partial charge in [-0.05, 0) is 49.0 Å². The van der Waals surface area contributed by atoms with E-state index in [0.29, 0.717) is 18.7 Å². The number of fused-ring (bicyclic) bond motifs is 1. The summed E-state index contributed by atoms with van der Waals surface area (Å²) in [4.78, 5) is 16.9. The first-order valence-electron chi connectivity index (χ1n) is 10.2. The number of halogens is 1. The predicted molar refractivity (Wildman–Crippen MR) is 126 cm³/mol. The minimum atomic E-state index is -0.165. The molecule has 4 rings (SSSR count). The zero-order chi connectivity index (χ0) is 21.8. The SMILES string of the molecule is Bc1cnn2c(NCCCNC(=O)c3ccc(O)cc3)cc(C3=C(Cl)CCC=C3)nc12. The van der Waals surface area contributed by atoms with E-state index in [1.54, 1.807) is 22.8 Å². The molecule has 0 saturated carbocycles. The first-order chi connectivity index (χ1) is 15.0. The van der Waals surface area contributed by atoms with Gasteiger partial charge in [0.25, 0.3) is 5.91 Å². The fourth-order valence-corrected chi connectivity index (χ4v) is 3.69. The van der Waals surface area contributed by atoms with Gasteiger partial charge in [0, 0.05) is 41.5 Å². The van der Waals surface area contributed by atoms with Crippen molar-refractivity contribution in [1.82, 2.24) is 19.9 Å². The van der Waals surface area contributed by atoms with E-state index < -0.39 is 0 Å². The minimum Gasteiger partial charge on any atom is -0.508 e. The van der Waals surface area contributed by atoms with Crippen molar-refractivity contribution >= 4 is 47.9 Å². The number of hydrogen-bond donors (Lipinski definition) is 3. The number of carbonyl (C=O) groups is 1. The Labute approximate surface area is 186 Å². The fourth-order valence-electron chi connectivity index (χ4n) is 3.42. The molecule has 0 fully saturated rings. The van der Waals surface area contributed by atoms with Gasteiger partial charge in [-0.3, -0.25) is 4.79 Å². The molecule has 0 aliphatic heterocycles. The third-order valence-electron chi connectivity index (χ3n) is 5.11. The first kappa shape index (κ1) is 21.0. The minimum absolute atomic E-state index is 0.137. The van der Waals surface area contributed by atoms with Crippen molar-refractivity contribution in [3.63, 3.8) is 0 Å².